The first-order chi connectivity index (χ1) is 11.1. The lowest BCUT2D eigenvalue weighted by atomic mass is 9.87. The van der Waals surface area contributed by atoms with E-state index in [1.165, 1.54) is 31.7 Å². The molecule has 1 saturated carbocycles. The second-order valence-electron chi connectivity index (χ2n) is 6.24. The first kappa shape index (κ1) is 20.7. The molecule has 0 amide bonds. The minimum atomic E-state index is -0.375. The van der Waals surface area contributed by atoms with Crippen molar-refractivity contribution in [2.75, 3.05) is 6.54 Å². The van der Waals surface area contributed by atoms with Gasteiger partial charge < -0.3 is 10.6 Å². The molecule has 0 saturated heterocycles. The van der Waals surface area contributed by atoms with Gasteiger partial charge in [0.1, 0.15) is 0 Å². The number of nitro benzene ring substituents is 1. The van der Waals surface area contributed by atoms with E-state index in [9.17, 15) is 10.1 Å². The molecule has 0 aromatic heterocycles. The summed E-state index contributed by atoms with van der Waals surface area (Å²) in [5, 5.41) is 17.6. The standard InChI is InChI=1S/C17H26N4O2.HI/c1-3-18-17(20-15-8-4-6-13(2)10-15)19-12-14-7-5-9-16(11-14)21(22)23;/h5,7,9,11,13,15H,3-4,6,8,10,12H2,1-2H3,(H2,18,19,20);1H. The minimum absolute atomic E-state index is 0. The molecule has 0 aliphatic heterocycles. The van der Waals surface area contributed by atoms with Gasteiger partial charge in [-0.3, -0.25) is 10.1 Å². The zero-order valence-electron chi connectivity index (χ0n) is 14.3. The monoisotopic (exact) mass is 446 g/mol. The molecule has 0 spiro atoms. The Morgan fingerprint density at radius 3 is 2.88 bits per heavy atom. The van der Waals surface area contributed by atoms with Crippen molar-refractivity contribution in [2.45, 2.75) is 52.1 Å². The van der Waals surface area contributed by atoms with E-state index in [1.54, 1.807) is 12.1 Å². The molecule has 1 aliphatic rings. The molecule has 134 valence electrons. The second-order valence-corrected chi connectivity index (χ2v) is 6.24. The molecule has 0 bridgehead atoms. The normalized spacial score (nSPS) is 20.8. The zero-order chi connectivity index (χ0) is 16.7. The molecule has 24 heavy (non-hydrogen) atoms. The van der Waals surface area contributed by atoms with E-state index < -0.39 is 0 Å². The second kappa shape index (κ2) is 10.5. The van der Waals surface area contributed by atoms with E-state index in [1.807, 2.05) is 13.0 Å². The molecule has 1 fully saturated rings. The van der Waals surface area contributed by atoms with Crippen LogP contribution in [0, 0.1) is 16.0 Å². The number of benzene rings is 1. The molecular weight excluding hydrogens is 419 g/mol. The topological polar surface area (TPSA) is 79.6 Å². The number of guanidine groups is 1. The predicted molar refractivity (Wildman–Crippen MR) is 108 cm³/mol. The third kappa shape index (κ3) is 6.62. The highest BCUT2D eigenvalue weighted by Crippen LogP contribution is 2.23. The number of halogens is 1. The Balaban J connectivity index is 0.00000288. The van der Waals surface area contributed by atoms with Crippen molar-refractivity contribution < 1.29 is 4.92 Å². The number of nitrogens with one attached hydrogen (secondary N) is 2. The molecule has 7 heteroatoms. The van der Waals surface area contributed by atoms with Crippen LogP contribution in [0.5, 0.6) is 0 Å². The van der Waals surface area contributed by atoms with Crippen LogP contribution in [-0.2, 0) is 6.54 Å². The van der Waals surface area contributed by atoms with E-state index >= 15 is 0 Å². The Morgan fingerprint density at radius 1 is 1.42 bits per heavy atom. The fraction of sp³-hybridized carbons (Fsp3) is 0.588. The summed E-state index contributed by atoms with van der Waals surface area (Å²) in [6, 6.07) is 7.10. The summed E-state index contributed by atoms with van der Waals surface area (Å²) >= 11 is 0. The minimum Gasteiger partial charge on any atom is -0.357 e. The fourth-order valence-corrected chi connectivity index (χ4v) is 3.02. The number of aliphatic imine (C=N–C) groups is 1. The van der Waals surface area contributed by atoms with Gasteiger partial charge in [-0.15, -0.1) is 24.0 Å². The Labute approximate surface area is 160 Å². The van der Waals surface area contributed by atoms with Crippen molar-refractivity contribution in [3.63, 3.8) is 0 Å². The lowest BCUT2D eigenvalue weighted by Crippen LogP contribution is -2.45. The van der Waals surface area contributed by atoms with Gasteiger partial charge >= 0.3 is 0 Å². The van der Waals surface area contributed by atoms with E-state index in [2.05, 4.69) is 22.5 Å². The summed E-state index contributed by atoms with van der Waals surface area (Å²) in [5.41, 5.74) is 0.949. The highest BCUT2D eigenvalue weighted by molar-refractivity contribution is 14.0. The van der Waals surface area contributed by atoms with Gasteiger partial charge in [0.2, 0.25) is 0 Å². The van der Waals surface area contributed by atoms with Gasteiger partial charge in [-0.05, 0) is 31.2 Å². The number of nitro groups is 1. The molecule has 2 N–H and O–H groups in total. The lowest BCUT2D eigenvalue weighted by Gasteiger charge is -2.28. The van der Waals surface area contributed by atoms with Crippen LogP contribution >= 0.6 is 24.0 Å². The van der Waals surface area contributed by atoms with Crippen LogP contribution in [0.3, 0.4) is 0 Å². The van der Waals surface area contributed by atoms with Gasteiger partial charge in [0.05, 0.1) is 11.5 Å². The molecule has 0 radical (unpaired) electrons. The van der Waals surface area contributed by atoms with Gasteiger partial charge in [0, 0.05) is 24.7 Å². The van der Waals surface area contributed by atoms with Crippen molar-refractivity contribution >= 4 is 35.6 Å². The SMILES string of the molecule is CCNC(=NCc1cccc([N+](=O)[O-])c1)NC1CCCC(C)C1.I. The maximum atomic E-state index is 10.8. The summed E-state index contributed by atoms with van der Waals surface area (Å²) in [5.74, 6) is 1.54. The third-order valence-corrected chi connectivity index (χ3v) is 4.16. The summed E-state index contributed by atoms with van der Waals surface area (Å²) in [7, 11) is 0. The van der Waals surface area contributed by atoms with Crippen molar-refractivity contribution in [1.82, 2.24) is 10.6 Å². The molecule has 1 aromatic carbocycles. The molecular formula is C17H27IN4O2. The van der Waals surface area contributed by atoms with Crippen LogP contribution in [-0.4, -0.2) is 23.5 Å². The van der Waals surface area contributed by atoms with E-state index in [-0.39, 0.29) is 34.6 Å². The highest BCUT2D eigenvalue weighted by Gasteiger charge is 2.19. The number of hydrogen-bond donors (Lipinski definition) is 2. The Kier molecular flexibility index (Phi) is 9.02. The maximum absolute atomic E-state index is 10.8. The third-order valence-electron chi connectivity index (χ3n) is 4.16. The van der Waals surface area contributed by atoms with Crippen LogP contribution in [0.25, 0.3) is 0 Å². The van der Waals surface area contributed by atoms with E-state index in [4.69, 9.17) is 0 Å². The van der Waals surface area contributed by atoms with Crippen LogP contribution in [0.15, 0.2) is 29.3 Å². The van der Waals surface area contributed by atoms with Gasteiger partial charge in [-0.2, -0.15) is 0 Å². The number of rotatable bonds is 5. The average Bonchev–Trinajstić information content (AvgIpc) is 2.53. The zero-order valence-corrected chi connectivity index (χ0v) is 16.7. The summed E-state index contributed by atoms with van der Waals surface area (Å²) in [6.45, 7) is 5.55. The lowest BCUT2D eigenvalue weighted by molar-refractivity contribution is -0.384. The average molecular weight is 446 g/mol. The molecule has 2 atom stereocenters. The van der Waals surface area contributed by atoms with Gasteiger partial charge in [0.15, 0.2) is 5.96 Å². The molecule has 1 aromatic rings. The van der Waals surface area contributed by atoms with Crippen LogP contribution < -0.4 is 10.6 Å². The largest absolute Gasteiger partial charge is 0.357 e. The van der Waals surface area contributed by atoms with Crippen molar-refractivity contribution in [3.8, 4) is 0 Å². The summed E-state index contributed by atoms with van der Waals surface area (Å²) in [6.07, 6.45) is 4.90. The Morgan fingerprint density at radius 2 is 2.21 bits per heavy atom. The summed E-state index contributed by atoms with van der Waals surface area (Å²) < 4.78 is 0. The van der Waals surface area contributed by atoms with Gasteiger partial charge in [-0.1, -0.05) is 31.9 Å². The number of nitrogens with zero attached hydrogens (tertiary/aromatic N) is 2. The molecule has 1 aliphatic carbocycles. The predicted octanol–water partition coefficient (Wildman–Crippen LogP) is 3.85. The van der Waals surface area contributed by atoms with Gasteiger partial charge in [-0.25, -0.2) is 4.99 Å². The number of hydrogen-bond acceptors (Lipinski definition) is 3. The summed E-state index contributed by atoms with van der Waals surface area (Å²) in [4.78, 5) is 15.0. The molecule has 2 unspecified atom stereocenters. The van der Waals surface area contributed by atoms with Crippen molar-refractivity contribution in [1.29, 1.82) is 0 Å². The first-order valence-corrected chi connectivity index (χ1v) is 8.36. The Bertz CT molecular complexity index is 565. The quantitative estimate of drug-likeness (QED) is 0.237. The van der Waals surface area contributed by atoms with Crippen molar-refractivity contribution in [3.05, 3.63) is 39.9 Å². The van der Waals surface area contributed by atoms with E-state index in [0.717, 1.165) is 24.0 Å². The van der Waals surface area contributed by atoms with Crippen LogP contribution in [0.1, 0.15) is 45.1 Å². The first-order valence-electron chi connectivity index (χ1n) is 8.36. The van der Waals surface area contributed by atoms with Gasteiger partial charge in [0.25, 0.3) is 5.69 Å². The van der Waals surface area contributed by atoms with E-state index in [0.29, 0.717) is 12.6 Å². The van der Waals surface area contributed by atoms with Crippen molar-refractivity contribution in [2.24, 2.45) is 10.9 Å². The molecule has 2 rings (SSSR count). The molecule has 6 nitrogen and oxygen atoms in total. The highest BCUT2D eigenvalue weighted by atomic mass is 127. The number of non-ortho nitro benzene ring substituents is 1. The molecule has 0 heterocycles. The smallest absolute Gasteiger partial charge is 0.269 e. The van der Waals surface area contributed by atoms with Crippen LogP contribution in [0.2, 0.25) is 0 Å². The Hall–Kier alpha value is -1.38. The maximum Gasteiger partial charge on any atom is 0.269 e. The van der Waals surface area contributed by atoms with Crippen LogP contribution in [0.4, 0.5) is 5.69 Å². The fourth-order valence-electron chi connectivity index (χ4n) is 3.02.